The van der Waals surface area contributed by atoms with Crippen LogP contribution in [0.2, 0.25) is 0 Å². The summed E-state index contributed by atoms with van der Waals surface area (Å²) in [6.45, 7) is 2.85. The number of hydrogen-bond acceptors (Lipinski definition) is 6. The Balaban J connectivity index is 1.58. The largest absolute Gasteiger partial charge is 0.497 e. The number of carboxylic acids is 1. The predicted molar refractivity (Wildman–Crippen MR) is 127 cm³/mol. The summed E-state index contributed by atoms with van der Waals surface area (Å²) >= 11 is 0. The van der Waals surface area contributed by atoms with Crippen molar-refractivity contribution in [1.29, 1.82) is 0 Å². The average Bonchev–Trinajstić information content (AvgIpc) is 2.87. The van der Waals surface area contributed by atoms with Crippen LogP contribution in [0.25, 0.3) is 0 Å². The van der Waals surface area contributed by atoms with E-state index < -0.39 is 12.0 Å². The molecule has 2 amide bonds. The molecule has 3 rings (SSSR count). The molecular weight excluding hydrogens is 438 g/mol. The molecule has 2 aliphatic rings. The van der Waals surface area contributed by atoms with Crippen LogP contribution in [0.4, 0.5) is 0 Å². The highest BCUT2D eigenvalue weighted by Gasteiger charge is 2.30. The van der Waals surface area contributed by atoms with Gasteiger partial charge in [0.15, 0.2) is 0 Å². The van der Waals surface area contributed by atoms with Crippen LogP contribution in [-0.2, 0) is 25.5 Å². The smallest absolute Gasteiger partial charge is 0.303 e. The second kappa shape index (κ2) is 13.3. The van der Waals surface area contributed by atoms with Gasteiger partial charge in [0.1, 0.15) is 18.4 Å². The maximum Gasteiger partial charge on any atom is 0.303 e. The van der Waals surface area contributed by atoms with Crippen LogP contribution in [0, 0.1) is 5.92 Å². The highest BCUT2D eigenvalue weighted by Crippen LogP contribution is 2.23. The molecule has 0 aliphatic carbocycles. The minimum atomic E-state index is -0.785. The molecule has 2 fully saturated rings. The minimum Gasteiger partial charge on any atom is -0.497 e. The van der Waals surface area contributed by atoms with Gasteiger partial charge in [-0.15, -0.1) is 0 Å². The van der Waals surface area contributed by atoms with Gasteiger partial charge in [-0.05, 0) is 68.8 Å². The standard InChI is InChI=1S/C25H37N3O6/c1-33-20-5-2-19(3-6-20)16-22(27-23(29)17-34-21-8-12-26-13-9-21)25(32)28-14-10-18(11-15-28)4-7-24(30)31/h2-3,5-6,18,21-22,26H,4,7-17H2,1H3,(H,27,29)(H,30,31)/t22-/m0/s1. The van der Waals surface area contributed by atoms with Crippen molar-refractivity contribution in [3.8, 4) is 5.75 Å². The van der Waals surface area contributed by atoms with E-state index in [1.54, 1.807) is 12.0 Å². The molecule has 1 atom stereocenters. The topological polar surface area (TPSA) is 117 Å². The molecule has 3 N–H and O–H groups in total. The number of benzene rings is 1. The van der Waals surface area contributed by atoms with Crippen molar-refractivity contribution in [3.05, 3.63) is 29.8 Å². The van der Waals surface area contributed by atoms with E-state index in [9.17, 15) is 14.4 Å². The lowest BCUT2D eigenvalue weighted by molar-refractivity contribution is -0.140. The maximum atomic E-state index is 13.4. The Morgan fingerprint density at radius 1 is 1.12 bits per heavy atom. The number of methoxy groups -OCH3 is 1. The van der Waals surface area contributed by atoms with Crippen LogP contribution in [-0.4, -0.2) is 79.8 Å². The number of nitrogens with one attached hydrogen (secondary N) is 2. The first-order valence-electron chi connectivity index (χ1n) is 12.2. The molecule has 0 aromatic heterocycles. The van der Waals surface area contributed by atoms with E-state index in [0.29, 0.717) is 31.8 Å². The molecule has 2 saturated heterocycles. The maximum absolute atomic E-state index is 13.4. The number of carboxylic acid groups (broad SMARTS) is 1. The zero-order chi connectivity index (χ0) is 24.3. The Labute approximate surface area is 201 Å². The van der Waals surface area contributed by atoms with Gasteiger partial charge in [-0.25, -0.2) is 0 Å². The predicted octanol–water partition coefficient (Wildman–Crippen LogP) is 1.59. The molecule has 0 unspecified atom stereocenters. The van der Waals surface area contributed by atoms with Crippen molar-refractivity contribution in [2.75, 3.05) is 39.9 Å². The molecule has 9 nitrogen and oxygen atoms in total. The molecule has 1 aromatic carbocycles. The van der Waals surface area contributed by atoms with E-state index in [-0.39, 0.29) is 30.9 Å². The van der Waals surface area contributed by atoms with Crippen molar-refractivity contribution in [2.24, 2.45) is 5.92 Å². The first-order valence-corrected chi connectivity index (χ1v) is 12.2. The summed E-state index contributed by atoms with van der Waals surface area (Å²) in [7, 11) is 1.60. The van der Waals surface area contributed by atoms with Crippen molar-refractivity contribution in [2.45, 2.75) is 57.1 Å². The molecule has 2 aliphatic heterocycles. The highest BCUT2D eigenvalue weighted by atomic mass is 16.5. The fourth-order valence-electron chi connectivity index (χ4n) is 4.58. The number of piperidine rings is 2. The monoisotopic (exact) mass is 475 g/mol. The van der Waals surface area contributed by atoms with Crippen molar-refractivity contribution >= 4 is 17.8 Å². The van der Waals surface area contributed by atoms with Gasteiger partial charge < -0.3 is 30.1 Å². The summed E-state index contributed by atoms with van der Waals surface area (Å²) < 4.78 is 11.0. The fraction of sp³-hybridized carbons (Fsp3) is 0.640. The molecule has 34 heavy (non-hydrogen) atoms. The third-order valence-electron chi connectivity index (χ3n) is 6.66. The number of rotatable bonds is 11. The molecule has 0 spiro atoms. The Hall–Kier alpha value is -2.65. The van der Waals surface area contributed by atoms with Gasteiger partial charge >= 0.3 is 5.97 Å². The lowest BCUT2D eigenvalue weighted by Gasteiger charge is -2.34. The minimum absolute atomic E-state index is 0.0612. The van der Waals surface area contributed by atoms with Gasteiger partial charge in [-0.2, -0.15) is 0 Å². The molecule has 1 aromatic rings. The van der Waals surface area contributed by atoms with Crippen LogP contribution in [0.5, 0.6) is 5.75 Å². The Kier molecular flexibility index (Phi) is 10.2. The number of nitrogens with zero attached hydrogens (tertiary/aromatic N) is 1. The van der Waals surface area contributed by atoms with E-state index in [4.69, 9.17) is 14.6 Å². The lowest BCUT2D eigenvalue weighted by atomic mass is 9.91. The van der Waals surface area contributed by atoms with Crippen LogP contribution in [0.1, 0.15) is 44.1 Å². The number of carbonyl (C=O) groups excluding carboxylic acids is 2. The summed E-state index contributed by atoms with van der Waals surface area (Å²) in [5.74, 6) is -0.139. The lowest BCUT2D eigenvalue weighted by Crippen LogP contribution is -2.52. The number of likely N-dealkylation sites (tertiary alicyclic amines) is 1. The van der Waals surface area contributed by atoms with Gasteiger partial charge in [-0.1, -0.05) is 12.1 Å². The SMILES string of the molecule is COc1ccc(C[C@H](NC(=O)COC2CCNCC2)C(=O)N2CCC(CCC(=O)O)CC2)cc1. The first kappa shape index (κ1) is 26.0. The Morgan fingerprint density at radius 2 is 1.79 bits per heavy atom. The Bertz CT molecular complexity index is 801. The summed E-state index contributed by atoms with van der Waals surface area (Å²) in [4.78, 5) is 38.7. The fourth-order valence-corrected chi connectivity index (χ4v) is 4.58. The summed E-state index contributed by atoms with van der Waals surface area (Å²) in [5, 5.41) is 15.1. The van der Waals surface area contributed by atoms with Crippen molar-refractivity contribution in [1.82, 2.24) is 15.5 Å². The number of amides is 2. The third kappa shape index (κ3) is 8.29. The molecule has 0 saturated carbocycles. The normalized spacial score (nSPS) is 18.3. The second-order valence-electron chi connectivity index (χ2n) is 9.13. The quantitative estimate of drug-likeness (QED) is 0.445. The van der Waals surface area contributed by atoms with E-state index >= 15 is 0 Å². The molecular formula is C25H37N3O6. The van der Waals surface area contributed by atoms with Crippen molar-refractivity contribution < 1.29 is 29.0 Å². The zero-order valence-electron chi connectivity index (χ0n) is 20.0. The van der Waals surface area contributed by atoms with Crippen LogP contribution in [0.3, 0.4) is 0 Å². The van der Waals surface area contributed by atoms with Crippen LogP contribution >= 0.6 is 0 Å². The van der Waals surface area contributed by atoms with Gasteiger partial charge in [0, 0.05) is 25.9 Å². The molecule has 2 heterocycles. The molecule has 0 bridgehead atoms. The van der Waals surface area contributed by atoms with Crippen LogP contribution in [0.15, 0.2) is 24.3 Å². The molecule has 188 valence electrons. The number of carbonyl (C=O) groups is 3. The third-order valence-corrected chi connectivity index (χ3v) is 6.66. The van der Waals surface area contributed by atoms with Crippen LogP contribution < -0.4 is 15.4 Å². The zero-order valence-corrected chi connectivity index (χ0v) is 20.0. The van der Waals surface area contributed by atoms with E-state index in [0.717, 1.165) is 50.1 Å². The summed E-state index contributed by atoms with van der Waals surface area (Å²) in [6, 6.07) is 6.79. The van der Waals surface area contributed by atoms with E-state index in [1.807, 2.05) is 24.3 Å². The van der Waals surface area contributed by atoms with Crippen molar-refractivity contribution in [3.63, 3.8) is 0 Å². The number of aliphatic carboxylic acids is 1. The molecule has 0 radical (unpaired) electrons. The van der Waals surface area contributed by atoms with Gasteiger partial charge in [0.05, 0.1) is 13.2 Å². The first-order chi connectivity index (χ1) is 16.4. The summed E-state index contributed by atoms with van der Waals surface area (Å²) in [5.41, 5.74) is 0.926. The number of hydrogen-bond donors (Lipinski definition) is 3. The highest BCUT2D eigenvalue weighted by molar-refractivity contribution is 5.88. The van der Waals surface area contributed by atoms with E-state index in [1.165, 1.54) is 0 Å². The second-order valence-corrected chi connectivity index (χ2v) is 9.13. The Morgan fingerprint density at radius 3 is 2.41 bits per heavy atom. The summed E-state index contributed by atoms with van der Waals surface area (Å²) in [6.07, 6.45) is 4.54. The number of ether oxygens (including phenoxy) is 2. The molecule has 9 heteroatoms. The van der Waals surface area contributed by atoms with Gasteiger partial charge in [0.25, 0.3) is 0 Å². The van der Waals surface area contributed by atoms with E-state index in [2.05, 4.69) is 10.6 Å². The average molecular weight is 476 g/mol. The van der Waals surface area contributed by atoms with Gasteiger partial charge in [0.2, 0.25) is 11.8 Å². The van der Waals surface area contributed by atoms with Gasteiger partial charge in [-0.3, -0.25) is 14.4 Å².